The molecule has 0 atom stereocenters. The Labute approximate surface area is 207 Å². The molecule has 2 aliphatic rings. The number of piperidine rings is 1. The highest BCUT2D eigenvalue weighted by atomic mass is 19.4. The number of rotatable bonds is 4. The SMILES string of the molecule is O=C(O)C1CCN(C(=O)/C=C/c2c(-c3ccc4c(c3)CCOO4)c[c]c(C(F)(F)F)c2C(F)(F)F)CC1. The summed E-state index contributed by atoms with van der Waals surface area (Å²) in [6.45, 7) is 0.300. The Bertz CT molecular complexity index is 1230. The zero-order chi connectivity index (χ0) is 27.0. The lowest BCUT2D eigenvalue weighted by atomic mass is 9.89. The summed E-state index contributed by atoms with van der Waals surface area (Å²) < 4.78 is 83.0. The first kappa shape index (κ1) is 26.5. The molecule has 2 aromatic carbocycles. The first-order valence-corrected chi connectivity index (χ1v) is 11.2. The number of carboxylic acid groups (broad SMARTS) is 1. The third kappa shape index (κ3) is 5.74. The van der Waals surface area contributed by atoms with Crippen LogP contribution in [0.4, 0.5) is 26.3 Å². The van der Waals surface area contributed by atoms with Crippen LogP contribution >= 0.6 is 0 Å². The topological polar surface area (TPSA) is 76.1 Å². The molecule has 0 aliphatic carbocycles. The first-order valence-electron chi connectivity index (χ1n) is 11.2. The van der Waals surface area contributed by atoms with Gasteiger partial charge in [0.1, 0.15) is 0 Å². The molecule has 1 radical (unpaired) electrons. The van der Waals surface area contributed by atoms with E-state index in [-0.39, 0.29) is 43.7 Å². The number of carbonyl (C=O) groups excluding carboxylic acids is 1. The van der Waals surface area contributed by atoms with E-state index in [1.165, 1.54) is 23.1 Å². The number of hydrogen-bond donors (Lipinski definition) is 1. The fraction of sp³-hybridized carbons (Fsp3) is 0.360. The molecule has 1 fully saturated rings. The number of halogens is 6. The number of carboxylic acids is 1. The van der Waals surface area contributed by atoms with Crippen LogP contribution in [0.3, 0.4) is 0 Å². The van der Waals surface area contributed by atoms with Crippen molar-refractivity contribution in [2.75, 3.05) is 19.7 Å². The molecule has 2 heterocycles. The van der Waals surface area contributed by atoms with Crippen LogP contribution in [0.5, 0.6) is 5.75 Å². The third-order valence-electron chi connectivity index (χ3n) is 6.26. The van der Waals surface area contributed by atoms with Crippen molar-refractivity contribution in [1.82, 2.24) is 4.90 Å². The van der Waals surface area contributed by atoms with E-state index in [1.807, 2.05) is 0 Å². The molecule has 0 bridgehead atoms. The Balaban J connectivity index is 1.79. The standard InChI is InChI=1S/C25H20F6NO5/c26-24(27,28)19-4-2-17(15-1-5-20-16(13-15)9-12-36-37-20)18(22(19)25(29,30)31)3-6-21(33)32-10-7-14(8-11-32)23(34)35/h1-3,5-6,13-14H,7-12H2,(H,34,35)/b6-3+. The molecule has 197 valence electrons. The molecule has 4 rings (SSSR count). The van der Waals surface area contributed by atoms with Gasteiger partial charge in [0, 0.05) is 31.1 Å². The maximum Gasteiger partial charge on any atom is 0.417 e. The van der Waals surface area contributed by atoms with Gasteiger partial charge in [-0.15, -0.1) is 0 Å². The van der Waals surface area contributed by atoms with Crippen LogP contribution in [0.2, 0.25) is 0 Å². The van der Waals surface area contributed by atoms with Crippen molar-refractivity contribution in [3.63, 3.8) is 0 Å². The average Bonchev–Trinajstić information content (AvgIpc) is 2.85. The summed E-state index contributed by atoms with van der Waals surface area (Å²) in [6.07, 6.45) is -8.56. The minimum Gasteiger partial charge on any atom is -0.481 e. The average molecular weight is 528 g/mol. The van der Waals surface area contributed by atoms with Crippen LogP contribution in [0.15, 0.2) is 30.3 Å². The Morgan fingerprint density at radius 1 is 1.08 bits per heavy atom. The van der Waals surface area contributed by atoms with Crippen molar-refractivity contribution in [1.29, 1.82) is 0 Å². The molecule has 37 heavy (non-hydrogen) atoms. The molecular formula is C25H20F6NO5. The fourth-order valence-electron chi connectivity index (χ4n) is 4.38. The number of likely N-dealkylation sites (tertiary alicyclic amines) is 1. The molecule has 2 aliphatic heterocycles. The summed E-state index contributed by atoms with van der Waals surface area (Å²) in [4.78, 5) is 34.9. The van der Waals surface area contributed by atoms with E-state index in [0.29, 0.717) is 17.7 Å². The van der Waals surface area contributed by atoms with Crippen LogP contribution in [0.25, 0.3) is 17.2 Å². The van der Waals surface area contributed by atoms with Crippen LogP contribution in [-0.4, -0.2) is 41.6 Å². The molecule has 2 aromatic rings. The number of alkyl halides is 6. The van der Waals surface area contributed by atoms with E-state index in [2.05, 4.69) is 0 Å². The lowest BCUT2D eigenvalue weighted by Gasteiger charge is -2.29. The van der Waals surface area contributed by atoms with E-state index in [0.717, 1.165) is 18.2 Å². The summed E-state index contributed by atoms with van der Waals surface area (Å²) in [5.74, 6) is -2.06. The highest BCUT2D eigenvalue weighted by molar-refractivity contribution is 5.94. The molecule has 12 heteroatoms. The number of carbonyl (C=O) groups is 2. The Morgan fingerprint density at radius 3 is 2.41 bits per heavy atom. The van der Waals surface area contributed by atoms with Gasteiger partial charge in [-0.05, 0) is 59.9 Å². The zero-order valence-corrected chi connectivity index (χ0v) is 19.1. The molecule has 0 unspecified atom stereocenters. The lowest BCUT2D eigenvalue weighted by Crippen LogP contribution is -2.39. The smallest absolute Gasteiger partial charge is 0.417 e. The van der Waals surface area contributed by atoms with Gasteiger partial charge in [0.2, 0.25) is 5.91 Å². The first-order chi connectivity index (χ1) is 17.4. The monoisotopic (exact) mass is 528 g/mol. The Morgan fingerprint density at radius 2 is 1.78 bits per heavy atom. The number of hydrogen-bond acceptors (Lipinski definition) is 4. The summed E-state index contributed by atoms with van der Waals surface area (Å²) in [6, 6.07) is 6.87. The minimum atomic E-state index is -5.41. The van der Waals surface area contributed by atoms with E-state index in [9.17, 15) is 35.9 Å². The van der Waals surface area contributed by atoms with Crippen molar-refractivity contribution in [2.45, 2.75) is 31.6 Å². The van der Waals surface area contributed by atoms with Crippen LogP contribution < -0.4 is 4.89 Å². The second-order valence-electron chi connectivity index (χ2n) is 8.61. The predicted molar refractivity (Wildman–Crippen MR) is 117 cm³/mol. The number of aliphatic carboxylic acids is 1. The minimum absolute atomic E-state index is 0.0579. The third-order valence-corrected chi connectivity index (χ3v) is 6.26. The van der Waals surface area contributed by atoms with Gasteiger partial charge >= 0.3 is 18.3 Å². The van der Waals surface area contributed by atoms with Gasteiger partial charge in [0.25, 0.3) is 0 Å². The van der Waals surface area contributed by atoms with Gasteiger partial charge in [-0.2, -0.15) is 31.2 Å². The summed E-state index contributed by atoms with van der Waals surface area (Å²) in [7, 11) is 0. The van der Waals surface area contributed by atoms with E-state index >= 15 is 0 Å². The van der Waals surface area contributed by atoms with Gasteiger partial charge < -0.3 is 14.9 Å². The second kappa shape index (κ2) is 10.1. The largest absolute Gasteiger partial charge is 0.481 e. The zero-order valence-electron chi connectivity index (χ0n) is 19.1. The maximum atomic E-state index is 14.1. The van der Waals surface area contributed by atoms with Gasteiger partial charge in [0.05, 0.1) is 23.7 Å². The summed E-state index contributed by atoms with van der Waals surface area (Å²) in [5, 5.41) is 9.09. The molecule has 0 aromatic heterocycles. The van der Waals surface area contributed by atoms with Crippen molar-refractivity contribution >= 4 is 18.0 Å². The second-order valence-corrected chi connectivity index (χ2v) is 8.61. The quantitative estimate of drug-likeness (QED) is 0.327. The van der Waals surface area contributed by atoms with Gasteiger partial charge in [0.15, 0.2) is 5.75 Å². The highest BCUT2D eigenvalue weighted by Gasteiger charge is 2.45. The predicted octanol–water partition coefficient (Wildman–Crippen LogP) is 5.39. The molecular weight excluding hydrogens is 508 g/mol. The van der Waals surface area contributed by atoms with E-state index in [1.54, 1.807) is 6.07 Å². The van der Waals surface area contributed by atoms with Gasteiger partial charge in [-0.1, -0.05) is 6.07 Å². The number of benzene rings is 2. The fourth-order valence-corrected chi connectivity index (χ4v) is 4.38. The molecule has 0 saturated carbocycles. The number of fused-ring (bicyclic) bond motifs is 1. The number of amides is 1. The summed E-state index contributed by atoms with van der Waals surface area (Å²) in [5.41, 5.74) is -4.22. The van der Waals surface area contributed by atoms with Crippen molar-refractivity contribution in [3.05, 3.63) is 58.7 Å². The molecule has 1 amide bonds. The highest BCUT2D eigenvalue weighted by Crippen LogP contribution is 2.45. The van der Waals surface area contributed by atoms with Crippen LogP contribution in [0, 0.1) is 12.0 Å². The molecule has 0 spiro atoms. The molecule has 1 saturated heterocycles. The van der Waals surface area contributed by atoms with Crippen molar-refractivity contribution in [3.8, 4) is 16.9 Å². The van der Waals surface area contributed by atoms with Gasteiger partial charge in [-0.25, -0.2) is 0 Å². The number of nitrogens with zero attached hydrogens (tertiary/aromatic N) is 1. The summed E-state index contributed by atoms with van der Waals surface area (Å²) >= 11 is 0. The van der Waals surface area contributed by atoms with Crippen molar-refractivity contribution in [2.24, 2.45) is 5.92 Å². The molecule has 1 N–H and O–H groups in total. The Kier molecular flexibility index (Phi) is 7.22. The normalized spacial score (nSPS) is 17.0. The molecule has 6 nitrogen and oxygen atoms in total. The Hall–Kier alpha value is -3.54. The van der Waals surface area contributed by atoms with Crippen molar-refractivity contribution < 1.29 is 50.8 Å². The lowest BCUT2D eigenvalue weighted by molar-refractivity contribution is -0.215. The van der Waals surface area contributed by atoms with Crippen LogP contribution in [0.1, 0.15) is 35.1 Å². The van der Waals surface area contributed by atoms with E-state index < -0.39 is 46.8 Å². The van der Waals surface area contributed by atoms with E-state index in [4.69, 9.17) is 14.9 Å². The van der Waals surface area contributed by atoms with Gasteiger partial charge in [-0.3, -0.25) is 9.59 Å². The van der Waals surface area contributed by atoms with Crippen LogP contribution in [-0.2, 0) is 33.3 Å². The maximum absolute atomic E-state index is 14.1.